The summed E-state index contributed by atoms with van der Waals surface area (Å²) < 4.78 is 6.90. The zero-order valence-electron chi connectivity index (χ0n) is 16.6. The van der Waals surface area contributed by atoms with Gasteiger partial charge in [0.15, 0.2) is 5.82 Å². The Labute approximate surface area is 174 Å². The number of thioether (sulfide) groups is 1. The molecule has 0 aliphatic carbocycles. The highest BCUT2D eigenvalue weighted by molar-refractivity contribution is 7.99. The van der Waals surface area contributed by atoms with Crippen LogP contribution in [0.3, 0.4) is 0 Å². The molecule has 1 heterocycles. The van der Waals surface area contributed by atoms with Crippen LogP contribution in [0.15, 0.2) is 53.7 Å². The fourth-order valence-corrected chi connectivity index (χ4v) is 3.29. The normalized spacial score (nSPS) is 10.6. The van der Waals surface area contributed by atoms with E-state index in [1.54, 1.807) is 0 Å². The van der Waals surface area contributed by atoms with Gasteiger partial charge in [0.2, 0.25) is 11.1 Å². The molecule has 3 N–H and O–H groups in total. The van der Waals surface area contributed by atoms with E-state index in [-0.39, 0.29) is 11.7 Å². The minimum Gasteiger partial charge on any atom is -0.494 e. The number of amides is 1. The average Bonchev–Trinajstić information content (AvgIpc) is 3.08. The minimum atomic E-state index is -0.143. The summed E-state index contributed by atoms with van der Waals surface area (Å²) in [4.78, 5) is 14.2. The highest BCUT2D eigenvalue weighted by Gasteiger charge is 2.14. The Bertz CT molecular complexity index is 971. The van der Waals surface area contributed by atoms with Crippen LogP contribution in [-0.4, -0.2) is 47.2 Å². The van der Waals surface area contributed by atoms with Gasteiger partial charge in [0.1, 0.15) is 5.75 Å². The molecule has 0 aliphatic rings. The van der Waals surface area contributed by atoms with Crippen LogP contribution in [0.1, 0.15) is 6.92 Å². The van der Waals surface area contributed by atoms with Crippen LogP contribution in [0.5, 0.6) is 5.75 Å². The molecule has 9 heteroatoms. The zero-order chi connectivity index (χ0) is 20.8. The van der Waals surface area contributed by atoms with E-state index in [9.17, 15) is 4.79 Å². The van der Waals surface area contributed by atoms with E-state index in [4.69, 9.17) is 10.6 Å². The summed E-state index contributed by atoms with van der Waals surface area (Å²) in [5.74, 6) is 7.41. The van der Waals surface area contributed by atoms with Crippen molar-refractivity contribution >= 4 is 29.0 Å². The van der Waals surface area contributed by atoms with E-state index >= 15 is 0 Å². The van der Waals surface area contributed by atoms with Crippen molar-refractivity contribution in [1.29, 1.82) is 0 Å². The second kappa shape index (κ2) is 9.33. The van der Waals surface area contributed by atoms with Gasteiger partial charge < -0.3 is 20.8 Å². The first kappa shape index (κ1) is 20.5. The molecule has 0 unspecified atom stereocenters. The molecule has 0 fully saturated rings. The molecule has 1 amide bonds. The molecule has 8 nitrogen and oxygen atoms in total. The number of hydrogen-bond donors (Lipinski definition) is 2. The fraction of sp³-hybridized carbons (Fsp3) is 0.250. The van der Waals surface area contributed by atoms with Gasteiger partial charge in [0.25, 0.3) is 0 Å². The van der Waals surface area contributed by atoms with Gasteiger partial charge in [-0.05, 0) is 43.3 Å². The largest absolute Gasteiger partial charge is 0.494 e. The summed E-state index contributed by atoms with van der Waals surface area (Å²) in [5.41, 5.74) is 2.60. The quantitative estimate of drug-likeness (QED) is 0.434. The van der Waals surface area contributed by atoms with Crippen molar-refractivity contribution in [2.24, 2.45) is 0 Å². The van der Waals surface area contributed by atoms with Crippen LogP contribution in [0.4, 0.5) is 11.4 Å². The van der Waals surface area contributed by atoms with Crippen LogP contribution in [0, 0.1) is 0 Å². The van der Waals surface area contributed by atoms with Crippen molar-refractivity contribution in [3.8, 4) is 17.1 Å². The lowest BCUT2D eigenvalue weighted by molar-refractivity contribution is -0.113. The van der Waals surface area contributed by atoms with Crippen LogP contribution in [0.25, 0.3) is 11.4 Å². The molecule has 0 bridgehead atoms. The Morgan fingerprint density at radius 2 is 1.97 bits per heavy atom. The Hall–Kier alpha value is -3.20. The molecule has 3 rings (SSSR count). The molecule has 0 aliphatic heterocycles. The maximum absolute atomic E-state index is 12.3. The van der Waals surface area contributed by atoms with E-state index in [0.29, 0.717) is 17.6 Å². The molecule has 1 aromatic heterocycles. The second-order valence-electron chi connectivity index (χ2n) is 6.42. The number of nitrogen functional groups attached to an aromatic ring is 1. The van der Waals surface area contributed by atoms with E-state index in [1.165, 1.54) is 16.4 Å². The minimum absolute atomic E-state index is 0.143. The van der Waals surface area contributed by atoms with Crippen molar-refractivity contribution in [1.82, 2.24) is 14.9 Å². The highest BCUT2D eigenvalue weighted by Crippen LogP contribution is 2.25. The Balaban J connectivity index is 1.61. The summed E-state index contributed by atoms with van der Waals surface area (Å²) in [5, 5.41) is 11.6. The number of nitrogens with one attached hydrogen (secondary N) is 1. The molecule has 2 aromatic carbocycles. The van der Waals surface area contributed by atoms with Gasteiger partial charge in [0, 0.05) is 31.0 Å². The predicted molar refractivity (Wildman–Crippen MR) is 117 cm³/mol. The van der Waals surface area contributed by atoms with E-state index in [0.717, 1.165) is 22.7 Å². The van der Waals surface area contributed by atoms with Crippen LogP contribution in [-0.2, 0) is 4.79 Å². The first-order valence-electron chi connectivity index (χ1n) is 9.11. The number of carbonyl (C=O) groups excluding carboxylic acids is 1. The van der Waals surface area contributed by atoms with Crippen molar-refractivity contribution in [3.05, 3.63) is 48.5 Å². The van der Waals surface area contributed by atoms with Crippen molar-refractivity contribution in [2.75, 3.05) is 42.5 Å². The molecule has 0 radical (unpaired) electrons. The van der Waals surface area contributed by atoms with Gasteiger partial charge >= 0.3 is 0 Å². The number of aromatic nitrogens is 3. The third-order valence-corrected chi connectivity index (χ3v) is 5.01. The van der Waals surface area contributed by atoms with Gasteiger partial charge in [-0.25, -0.2) is 4.68 Å². The maximum Gasteiger partial charge on any atom is 0.234 e. The Morgan fingerprint density at radius 3 is 2.66 bits per heavy atom. The van der Waals surface area contributed by atoms with Gasteiger partial charge in [0.05, 0.1) is 12.4 Å². The zero-order valence-corrected chi connectivity index (χ0v) is 17.4. The smallest absolute Gasteiger partial charge is 0.234 e. The highest BCUT2D eigenvalue weighted by atomic mass is 32.2. The summed E-state index contributed by atoms with van der Waals surface area (Å²) in [7, 11) is 3.93. The monoisotopic (exact) mass is 412 g/mol. The third kappa shape index (κ3) is 5.20. The predicted octanol–water partition coefficient (Wildman–Crippen LogP) is 2.85. The molecule has 0 atom stereocenters. The number of nitrogens with zero attached hydrogens (tertiary/aromatic N) is 4. The fourth-order valence-electron chi connectivity index (χ4n) is 2.63. The molecule has 0 saturated carbocycles. The lowest BCUT2D eigenvalue weighted by Crippen LogP contribution is -2.16. The average molecular weight is 413 g/mol. The number of nitrogens with two attached hydrogens (primary N) is 1. The molecule has 3 aromatic rings. The standard InChI is InChI=1S/C20H24N6O2S/c1-4-28-17-7-5-6-14(12-17)19-23-24-20(26(19)21)29-13-18(27)22-15-8-10-16(11-9-15)25(2)3/h5-12H,4,13,21H2,1-3H3,(H,22,27). The molecule has 29 heavy (non-hydrogen) atoms. The summed E-state index contributed by atoms with van der Waals surface area (Å²) in [6.07, 6.45) is 0. The lowest BCUT2D eigenvalue weighted by Gasteiger charge is -2.13. The van der Waals surface area contributed by atoms with Crippen LogP contribution >= 0.6 is 11.8 Å². The van der Waals surface area contributed by atoms with Crippen molar-refractivity contribution < 1.29 is 9.53 Å². The van der Waals surface area contributed by atoms with E-state index < -0.39 is 0 Å². The van der Waals surface area contributed by atoms with Gasteiger partial charge in [-0.2, -0.15) is 0 Å². The number of ether oxygens (including phenoxy) is 1. The number of rotatable bonds is 8. The van der Waals surface area contributed by atoms with Crippen molar-refractivity contribution in [3.63, 3.8) is 0 Å². The summed E-state index contributed by atoms with van der Waals surface area (Å²) in [6, 6.07) is 15.1. The molecular formula is C20H24N6O2S. The first-order chi connectivity index (χ1) is 14.0. The summed E-state index contributed by atoms with van der Waals surface area (Å²) >= 11 is 1.23. The number of anilines is 2. The molecule has 152 valence electrons. The molecular weight excluding hydrogens is 388 g/mol. The summed E-state index contributed by atoms with van der Waals surface area (Å²) in [6.45, 7) is 2.50. The van der Waals surface area contributed by atoms with Gasteiger partial charge in [-0.1, -0.05) is 23.9 Å². The molecule has 0 saturated heterocycles. The first-order valence-corrected chi connectivity index (χ1v) is 10.1. The topological polar surface area (TPSA) is 98.3 Å². The SMILES string of the molecule is CCOc1cccc(-c2nnc(SCC(=O)Nc3ccc(N(C)C)cc3)n2N)c1. The number of hydrogen-bond acceptors (Lipinski definition) is 7. The van der Waals surface area contributed by atoms with Gasteiger partial charge in [-0.15, -0.1) is 10.2 Å². The van der Waals surface area contributed by atoms with E-state index in [1.807, 2.05) is 74.4 Å². The van der Waals surface area contributed by atoms with E-state index in [2.05, 4.69) is 15.5 Å². The third-order valence-electron chi connectivity index (χ3n) is 4.07. The van der Waals surface area contributed by atoms with Gasteiger partial charge in [-0.3, -0.25) is 4.79 Å². The van der Waals surface area contributed by atoms with Crippen LogP contribution in [0.2, 0.25) is 0 Å². The second-order valence-corrected chi connectivity index (χ2v) is 7.36. The Kier molecular flexibility index (Phi) is 6.61. The number of carbonyl (C=O) groups is 1. The van der Waals surface area contributed by atoms with Crippen molar-refractivity contribution in [2.45, 2.75) is 12.1 Å². The maximum atomic E-state index is 12.3. The Morgan fingerprint density at radius 1 is 1.21 bits per heavy atom. The number of benzene rings is 2. The van der Waals surface area contributed by atoms with Crippen LogP contribution < -0.4 is 20.8 Å². The lowest BCUT2D eigenvalue weighted by atomic mass is 10.2. The molecule has 0 spiro atoms.